The molecule has 4 rings (SSSR count). The minimum absolute atomic E-state index is 0. The summed E-state index contributed by atoms with van der Waals surface area (Å²) < 4.78 is 4.76. The van der Waals surface area contributed by atoms with Gasteiger partial charge in [0.05, 0.1) is 12.7 Å². The summed E-state index contributed by atoms with van der Waals surface area (Å²) in [6.07, 6.45) is 9.90. The SMILES string of the molecule is CCC(=Cc1ccccc1)[C@@H]1C[C@H]1NC[C@H]1CC[C@H](NCc2ccc(C(=O)OC)cc2)CC1.Cl.Cl. The molecule has 35 heavy (non-hydrogen) atoms. The zero-order valence-corrected chi connectivity index (χ0v) is 22.5. The van der Waals surface area contributed by atoms with Crippen LogP contribution in [0.1, 0.15) is 66.9 Å². The zero-order valence-electron chi connectivity index (χ0n) is 20.9. The van der Waals surface area contributed by atoms with Gasteiger partial charge in [-0.15, -0.1) is 24.8 Å². The Balaban J connectivity index is 0.00000216. The van der Waals surface area contributed by atoms with Crippen LogP contribution < -0.4 is 10.6 Å². The van der Waals surface area contributed by atoms with Gasteiger partial charge >= 0.3 is 5.97 Å². The Labute approximate surface area is 223 Å². The van der Waals surface area contributed by atoms with Crippen LogP contribution in [-0.2, 0) is 11.3 Å². The number of halogens is 2. The van der Waals surface area contributed by atoms with Crippen molar-refractivity contribution in [3.05, 3.63) is 76.9 Å². The first-order valence-electron chi connectivity index (χ1n) is 12.6. The lowest BCUT2D eigenvalue weighted by molar-refractivity contribution is 0.0600. The van der Waals surface area contributed by atoms with Crippen LogP contribution in [0.15, 0.2) is 60.2 Å². The Kier molecular flexibility index (Phi) is 12.3. The van der Waals surface area contributed by atoms with Gasteiger partial charge in [0.2, 0.25) is 0 Å². The van der Waals surface area contributed by atoms with E-state index >= 15 is 0 Å². The van der Waals surface area contributed by atoms with E-state index in [1.165, 1.54) is 50.3 Å². The molecule has 192 valence electrons. The quantitative estimate of drug-likeness (QED) is 0.355. The maximum absolute atomic E-state index is 11.6. The zero-order chi connectivity index (χ0) is 23.0. The summed E-state index contributed by atoms with van der Waals surface area (Å²) in [4.78, 5) is 11.6. The molecular weight excluding hydrogens is 479 g/mol. The first kappa shape index (κ1) is 29.4. The largest absolute Gasteiger partial charge is 0.465 e. The van der Waals surface area contributed by atoms with E-state index in [0.29, 0.717) is 17.6 Å². The Morgan fingerprint density at radius 1 is 0.971 bits per heavy atom. The van der Waals surface area contributed by atoms with Crippen molar-refractivity contribution in [2.24, 2.45) is 11.8 Å². The smallest absolute Gasteiger partial charge is 0.337 e. The lowest BCUT2D eigenvalue weighted by atomic mass is 9.86. The molecule has 0 radical (unpaired) electrons. The molecule has 0 aromatic heterocycles. The molecule has 2 aliphatic rings. The van der Waals surface area contributed by atoms with Crippen LogP contribution >= 0.6 is 24.8 Å². The predicted octanol–water partition coefficient (Wildman–Crippen LogP) is 6.44. The van der Waals surface area contributed by atoms with E-state index in [0.717, 1.165) is 31.3 Å². The monoisotopic (exact) mass is 518 g/mol. The van der Waals surface area contributed by atoms with Crippen molar-refractivity contribution in [2.75, 3.05) is 13.7 Å². The molecule has 0 aliphatic heterocycles. The van der Waals surface area contributed by atoms with Gasteiger partial charge in [-0.3, -0.25) is 0 Å². The molecule has 2 aromatic rings. The third-order valence-electron chi connectivity index (χ3n) is 7.31. The van der Waals surface area contributed by atoms with Crippen molar-refractivity contribution in [1.82, 2.24) is 10.6 Å². The molecule has 0 amide bonds. The van der Waals surface area contributed by atoms with Gasteiger partial charge in [0.1, 0.15) is 0 Å². The fourth-order valence-electron chi connectivity index (χ4n) is 5.09. The highest BCUT2D eigenvalue weighted by Crippen LogP contribution is 2.40. The van der Waals surface area contributed by atoms with Gasteiger partial charge in [0.15, 0.2) is 0 Å². The van der Waals surface area contributed by atoms with Gasteiger partial charge < -0.3 is 15.4 Å². The number of esters is 1. The van der Waals surface area contributed by atoms with E-state index in [9.17, 15) is 4.79 Å². The van der Waals surface area contributed by atoms with Crippen LogP contribution in [-0.4, -0.2) is 31.7 Å². The molecule has 0 bridgehead atoms. The van der Waals surface area contributed by atoms with Crippen molar-refractivity contribution >= 4 is 36.9 Å². The van der Waals surface area contributed by atoms with Crippen molar-refractivity contribution in [3.63, 3.8) is 0 Å². The van der Waals surface area contributed by atoms with Gasteiger partial charge in [-0.1, -0.05) is 61.0 Å². The predicted molar refractivity (Wildman–Crippen MR) is 149 cm³/mol. The number of hydrogen-bond acceptors (Lipinski definition) is 4. The number of rotatable bonds is 10. The topological polar surface area (TPSA) is 50.4 Å². The van der Waals surface area contributed by atoms with Crippen LogP contribution in [0.5, 0.6) is 0 Å². The second-order valence-corrected chi connectivity index (χ2v) is 9.63. The van der Waals surface area contributed by atoms with Gasteiger partial charge in [-0.05, 0) is 80.2 Å². The standard InChI is InChI=1S/C29H38N2O2.2ClH/c1-3-24(17-21-7-5-4-6-8-21)27-18-28(27)31-20-23-11-15-26(16-12-23)30-19-22-9-13-25(14-10-22)29(32)33-2;;/h4-10,13-14,17,23,26-28,30-31H,3,11-12,15-16,18-20H2,1-2H3;2*1H/t23-,26-,27-,28+;;/m0../s1. The van der Waals surface area contributed by atoms with E-state index in [1.54, 1.807) is 5.57 Å². The number of benzene rings is 2. The molecule has 2 N–H and O–H groups in total. The maximum Gasteiger partial charge on any atom is 0.337 e. The van der Waals surface area contributed by atoms with Crippen molar-refractivity contribution in [2.45, 2.75) is 64.1 Å². The van der Waals surface area contributed by atoms with Crippen LogP contribution in [0.4, 0.5) is 0 Å². The molecule has 2 aromatic carbocycles. The normalized spacial score (nSPS) is 23.5. The lowest BCUT2D eigenvalue weighted by Crippen LogP contribution is -2.36. The van der Waals surface area contributed by atoms with E-state index in [4.69, 9.17) is 4.74 Å². The van der Waals surface area contributed by atoms with Crippen molar-refractivity contribution < 1.29 is 9.53 Å². The van der Waals surface area contributed by atoms with Gasteiger partial charge in [-0.2, -0.15) is 0 Å². The molecule has 0 heterocycles. The summed E-state index contributed by atoms with van der Waals surface area (Å²) in [6.45, 7) is 4.30. The molecule has 2 saturated carbocycles. The number of carbonyl (C=O) groups is 1. The minimum Gasteiger partial charge on any atom is -0.465 e. The number of ether oxygens (including phenoxy) is 1. The summed E-state index contributed by atoms with van der Waals surface area (Å²) >= 11 is 0. The van der Waals surface area contributed by atoms with E-state index in [-0.39, 0.29) is 30.8 Å². The van der Waals surface area contributed by atoms with Gasteiger partial charge in [0.25, 0.3) is 0 Å². The second kappa shape index (κ2) is 14.6. The third kappa shape index (κ3) is 8.64. The summed E-state index contributed by atoms with van der Waals surface area (Å²) in [7, 11) is 1.41. The number of carbonyl (C=O) groups excluding carboxylic acids is 1. The molecule has 0 spiro atoms. The first-order valence-corrected chi connectivity index (χ1v) is 12.6. The van der Waals surface area contributed by atoms with Crippen LogP contribution in [0.2, 0.25) is 0 Å². The molecule has 6 heteroatoms. The molecule has 0 unspecified atom stereocenters. The molecule has 2 atom stereocenters. The number of hydrogen-bond donors (Lipinski definition) is 2. The fourth-order valence-corrected chi connectivity index (χ4v) is 5.09. The Morgan fingerprint density at radius 3 is 2.29 bits per heavy atom. The minimum atomic E-state index is -0.280. The summed E-state index contributed by atoms with van der Waals surface area (Å²) in [5.74, 6) is 1.24. The fraction of sp³-hybridized carbons (Fsp3) is 0.483. The van der Waals surface area contributed by atoms with E-state index in [2.05, 4.69) is 54.0 Å². The summed E-state index contributed by atoms with van der Waals surface area (Å²) in [6, 6.07) is 19.7. The van der Waals surface area contributed by atoms with Crippen LogP contribution in [0.25, 0.3) is 6.08 Å². The highest BCUT2D eigenvalue weighted by atomic mass is 35.5. The average molecular weight is 520 g/mol. The Bertz CT molecular complexity index is 925. The van der Waals surface area contributed by atoms with Crippen molar-refractivity contribution in [3.8, 4) is 0 Å². The Morgan fingerprint density at radius 2 is 1.66 bits per heavy atom. The van der Waals surface area contributed by atoms with Crippen LogP contribution in [0, 0.1) is 11.8 Å². The van der Waals surface area contributed by atoms with Gasteiger partial charge in [0, 0.05) is 18.6 Å². The van der Waals surface area contributed by atoms with Crippen molar-refractivity contribution in [1.29, 1.82) is 0 Å². The second-order valence-electron chi connectivity index (χ2n) is 9.63. The van der Waals surface area contributed by atoms with Gasteiger partial charge in [-0.25, -0.2) is 4.79 Å². The average Bonchev–Trinajstić information content (AvgIpc) is 3.65. The van der Waals surface area contributed by atoms with E-state index in [1.807, 2.05) is 24.3 Å². The maximum atomic E-state index is 11.6. The highest BCUT2D eigenvalue weighted by molar-refractivity contribution is 5.89. The molecular formula is C29H40Cl2N2O2. The molecule has 0 saturated heterocycles. The Hall–Kier alpha value is -1.85. The summed E-state index contributed by atoms with van der Waals surface area (Å²) in [5, 5.41) is 7.58. The summed E-state index contributed by atoms with van der Waals surface area (Å²) in [5.41, 5.74) is 4.73. The first-order chi connectivity index (χ1) is 16.2. The highest BCUT2D eigenvalue weighted by Gasteiger charge is 2.39. The lowest BCUT2D eigenvalue weighted by Gasteiger charge is -2.29. The third-order valence-corrected chi connectivity index (χ3v) is 7.31. The molecule has 2 aliphatic carbocycles. The molecule has 2 fully saturated rings. The number of nitrogens with one attached hydrogen (secondary N) is 2. The number of methoxy groups -OCH3 is 1. The van der Waals surface area contributed by atoms with E-state index < -0.39 is 0 Å². The van der Waals surface area contributed by atoms with Crippen LogP contribution in [0.3, 0.4) is 0 Å². The molecule has 4 nitrogen and oxygen atoms in total.